The number of fused-ring (bicyclic) bond motifs is 6. The molecule has 0 radical (unpaired) electrons. The van der Waals surface area contributed by atoms with Crippen molar-refractivity contribution in [3.63, 3.8) is 0 Å². The number of pyridine rings is 2. The average Bonchev–Trinajstić information content (AvgIpc) is 3.41. The van der Waals surface area contributed by atoms with Gasteiger partial charge < -0.3 is 14.7 Å². The van der Waals surface area contributed by atoms with E-state index < -0.39 is 7.32 Å². The predicted octanol–water partition coefficient (Wildman–Crippen LogP) is 10.8. The summed E-state index contributed by atoms with van der Waals surface area (Å²) in [5.41, 5.74) is 3.17. The second-order valence-electron chi connectivity index (χ2n) is 16.2. The van der Waals surface area contributed by atoms with Gasteiger partial charge in [0.25, 0.3) is 0 Å². The lowest BCUT2D eigenvalue weighted by Crippen LogP contribution is -2.48. The highest BCUT2D eigenvalue weighted by molar-refractivity contribution is 6.28. The molecule has 0 aliphatic rings. The molecule has 0 saturated carbocycles. The van der Waals surface area contributed by atoms with Gasteiger partial charge in [-0.25, -0.2) is 9.68 Å². The lowest BCUT2D eigenvalue weighted by Gasteiger charge is -2.37. The minimum atomic E-state index is -2.23. The molecule has 332 valence electrons. The van der Waals surface area contributed by atoms with Gasteiger partial charge >= 0.3 is 0 Å². The summed E-state index contributed by atoms with van der Waals surface area (Å²) >= 11 is 0. The number of hydrogen-bond donors (Lipinski definition) is 0. The second kappa shape index (κ2) is 21.9. The van der Waals surface area contributed by atoms with Crippen LogP contribution in [0.4, 0.5) is 0 Å². The van der Waals surface area contributed by atoms with E-state index in [9.17, 15) is 10.0 Å². The molecule has 11 aromatic rings. The second-order valence-corrected chi connectivity index (χ2v) is 16.2. The van der Waals surface area contributed by atoms with Crippen LogP contribution in [0.1, 0.15) is 29.5 Å². The zero-order valence-corrected chi connectivity index (χ0v) is 37.5. The van der Waals surface area contributed by atoms with E-state index in [0.717, 1.165) is 28.7 Å². The molecule has 2 heterocycles. The van der Waals surface area contributed by atoms with Crippen LogP contribution in [0.25, 0.3) is 43.1 Å². The minimum Gasteiger partial charge on any atom is -0.871 e. The van der Waals surface area contributed by atoms with Gasteiger partial charge in [-0.05, 0) is 74.0 Å². The van der Waals surface area contributed by atoms with Crippen LogP contribution in [0.3, 0.4) is 0 Å². The first-order chi connectivity index (χ1) is 33.6. The highest BCUT2D eigenvalue weighted by Crippen LogP contribution is 2.43. The molecule has 0 amide bonds. The Balaban J connectivity index is 0.000000128. The molecular weight excluding hydrogens is 839 g/mol. The Labute approximate surface area is 397 Å². The fraction of sp³-hybridized carbons (Fsp3) is 0.0667. The first-order valence-corrected chi connectivity index (χ1v) is 22.8. The molecule has 9 aromatic carbocycles. The number of rotatable bonds is 12. The van der Waals surface area contributed by atoms with Gasteiger partial charge in [0.15, 0.2) is 0 Å². The maximum Gasteiger partial charge on any atom is 0.223 e. The van der Waals surface area contributed by atoms with Crippen molar-refractivity contribution in [2.45, 2.75) is 18.3 Å². The molecule has 11 rings (SSSR count). The number of hydrogen-bond acceptors (Lipinski definition) is 5. The van der Waals surface area contributed by atoms with Crippen LogP contribution in [-0.2, 0) is 10.1 Å². The Morgan fingerprint density at radius 2 is 0.691 bits per heavy atom. The summed E-state index contributed by atoms with van der Waals surface area (Å²) in [7, 11) is -2.23. The summed E-state index contributed by atoms with van der Waals surface area (Å²) < 4.78 is 8.17. The fourth-order valence-corrected chi connectivity index (χ4v) is 8.92. The third-order valence-electron chi connectivity index (χ3n) is 12.0. The number of aromatic nitrogens is 2. The van der Waals surface area contributed by atoms with Crippen molar-refractivity contribution in [2.24, 2.45) is 0 Å². The minimum absolute atomic E-state index is 0.159. The summed E-state index contributed by atoms with van der Waals surface area (Å²) in [4.78, 5) is 12.0. The molecule has 0 unspecified atom stereocenters. The van der Waals surface area contributed by atoms with E-state index in [4.69, 9.17) is 14.3 Å². The largest absolute Gasteiger partial charge is 0.871 e. The molecule has 0 spiro atoms. The standard InChI is InChI=1S/C22H21BO3.2C19H14NO/c24-23(25)26-18-10-17-22(19-11-4-1-5-12-19,20-13-6-2-7-14-20)21-15-8-3-9-16-21;2*1-6-12-20(13-7-1)21-19-14-15-8-2-3-9-16(15)17-10-4-5-11-18(17)19/h1-9,11-16H,10,17-18H2;2*1-14H/q-2;2*+1. The zero-order chi connectivity index (χ0) is 46.4. The topological polar surface area (TPSA) is 81.6 Å². The van der Waals surface area contributed by atoms with Crippen LogP contribution in [0, 0.1) is 0 Å². The van der Waals surface area contributed by atoms with Gasteiger partial charge in [-0.1, -0.05) is 200 Å². The van der Waals surface area contributed by atoms with E-state index in [1.165, 1.54) is 49.0 Å². The van der Waals surface area contributed by atoms with E-state index in [2.05, 4.69) is 133 Å². The summed E-state index contributed by atoms with van der Waals surface area (Å²) in [6.45, 7) is 0.159. The van der Waals surface area contributed by atoms with Gasteiger partial charge in [0.05, 0.1) is 7.32 Å². The predicted molar refractivity (Wildman–Crippen MR) is 268 cm³/mol. The molecule has 0 aliphatic carbocycles. The summed E-state index contributed by atoms with van der Waals surface area (Å²) in [6.07, 6.45) is 8.92. The third-order valence-corrected chi connectivity index (χ3v) is 12.0. The van der Waals surface area contributed by atoms with Crippen LogP contribution in [0.2, 0.25) is 0 Å². The maximum absolute atomic E-state index is 10.7. The Hall–Kier alpha value is -8.14. The first-order valence-electron chi connectivity index (χ1n) is 22.8. The van der Waals surface area contributed by atoms with Gasteiger partial charge in [-0.3, -0.25) is 0 Å². The molecular formula is C60H49BN2O5. The van der Waals surface area contributed by atoms with Crippen LogP contribution >= 0.6 is 0 Å². The van der Waals surface area contributed by atoms with Gasteiger partial charge in [-0.15, -0.1) is 0 Å². The summed E-state index contributed by atoms with van der Waals surface area (Å²) in [6, 6.07) is 80.4. The first kappa shape index (κ1) is 45.0. The van der Waals surface area contributed by atoms with Crippen molar-refractivity contribution < 1.29 is 33.8 Å². The average molecular weight is 889 g/mol. The van der Waals surface area contributed by atoms with Crippen molar-refractivity contribution in [2.75, 3.05) is 6.61 Å². The highest BCUT2D eigenvalue weighted by atomic mass is 16.7. The molecule has 2 aromatic heterocycles. The van der Waals surface area contributed by atoms with Gasteiger partial charge in [-0.2, -0.15) is 0 Å². The quantitative estimate of drug-likeness (QED) is 0.0401. The number of nitrogens with zero attached hydrogens (tertiary/aromatic N) is 2. The van der Waals surface area contributed by atoms with Crippen molar-refractivity contribution in [1.29, 1.82) is 0 Å². The summed E-state index contributed by atoms with van der Waals surface area (Å²) in [5, 5.41) is 30.9. The number of benzene rings is 9. The Morgan fingerprint density at radius 1 is 0.368 bits per heavy atom. The molecule has 0 N–H and O–H groups in total. The Bertz CT molecular complexity index is 3070. The van der Waals surface area contributed by atoms with E-state index in [0.29, 0.717) is 6.42 Å². The lowest BCUT2D eigenvalue weighted by molar-refractivity contribution is -0.874. The normalized spacial score (nSPS) is 11.0. The summed E-state index contributed by atoms with van der Waals surface area (Å²) in [5.74, 6) is 1.72. The van der Waals surface area contributed by atoms with Crippen molar-refractivity contribution in [3.8, 4) is 11.5 Å². The molecule has 7 nitrogen and oxygen atoms in total. The Morgan fingerprint density at radius 3 is 1.07 bits per heavy atom. The van der Waals surface area contributed by atoms with Crippen LogP contribution in [0.5, 0.6) is 11.5 Å². The third kappa shape index (κ3) is 10.4. The van der Waals surface area contributed by atoms with Crippen molar-refractivity contribution in [1.82, 2.24) is 0 Å². The molecule has 0 aliphatic heterocycles. The monoisotopic (exact) mass is 888 g/mol. The fourth-order valence-electron chi connectivity index (χ4n) is 8.92. The van der Waals surface area contributed by atoms with E-state index >= 15 is 0 Å². The SMILES string of the molecule is [O-]B([O-])OCCCC(c1ccccc1)(c1ccccc1)c1ccccc1.c1cc[n+](Oc2cc3ccccc3c3ccccc23)cc1.c1cc[n+](Oc2cc3ccccc3c3ccccc23)cc1. The van der Waals surface area contributed by atoms with E-state index in [-0.39, 0.29) is 12.0 Å². The maximum atomic E-state index is 10.7. The van der Waals surface area contributed by atoms with Gasteiger partial charge in [0.2, 0.25) is 36.3 Å². The lowest BCUT2D eigenvalue weighted by atomic mass is 9.67. The van der Waals surface area contributed by atoms with E-state index in [1.807, 2.05) is 128 Å². The van der Waals surface area contributed by atoms with Gasteiger partial charge in [0, 0.05) is 56.5 Å². The molecule has 0 fully saturated rings. The molecule has 8 heteroatoms. The highest BCUT2D eigenvalue weighted by Gasteiger charge is 2.35. The smallest absolute Gasteiger partial charge is 0.223 e. The van der Waals surface area contributed by atoms with Gasteiger partial charge in [0.1, 0.15) is 0 Å². The van der Waals surface area contributed by atoms with Crippen LogP contribution < -0.4 is 29.2 Å². The van der Waals surface area contributed by atoms with Crippen molar-refractivity contribution >= 4 is 50.4 Å². The van der Waals surface area contributed by atoms with Crippen LogP contribution in [-0.4, -0.2) is 13.9 Å². The molecule has 68 heavy (non-hydrogen) atoms. The Kier molecular flexibility index (Phi) is 14.5. The molecule has 0 atom stereocenters. The zero-order valence-electron chi connectivity index (χ0n) is 37.5. The van der Waals surface area contributed by atoms with Crippen LogP contribution in [0.15, 0.2) is 261 Å². The molecule has 0 bridgehead atoms. The van der Waals surface area contributed by atoms with Crippen molar-refractivity contribution in [3.05, 3.63) is 278 Å². The molecule has 0 saturated heterocycles. The van der Waals surface area contributed by atoms with E-state index in [1.54, 1.807) is 9.46 Å².